The number of hydrogen-bond donors (Lipinski definition) is 6. The SMILES string of the molecule is C.C.C1CC2CCC1N2.CNC(=O)Nc1ccc2c(c1)CC[C@@]21OC(=O)N(CC(=O)N2C3CCC2CC3)C1=O.CNC(=O)Nc1ccc2c(c1)CC[C@@]21OC(=O)N(CC(=O)O)C1=O. The van der Waals surface area contributed by atoms with Crippen LogP contribution in [0.25, 0.3) is 0 Å². The Hall–Kier alpha value is -6.24. The Bertz CT molecular complexity index is 2160. The fourth-order valence-corrected chi connectivity index (χ4v) is 10.3. The standard InChI is InChI=1S/C21H24N4O5.C15H15N3O6.C6H11N.2CH4/c1-22-19(28)23-13-2-7-16-12(10-13)8-9-21(16)18(27)24(20(29)30-21)11-17(26)25-14-3-4-15(25)6-5-14;1-16-13(22)17-9-2-3-10-8(6-9)4-5-15(10)12(21)18(7-11(19)20)14(23)24-15;1-2-6-4-3-5(1)7-6;;/h2,7,10,14-15H,3-6,8-9,11H2,1H3,(H2,22,23,28);2-3,6H,4-5,7H2,1H3,(H,19,20)(H2,16,17,22);5-7H,1-4H2;2*1H4/t14?,15?,21-;15-;;;/m11.../s1. The molecule has 2 aromatic rings. The lowest BCUT2D eigenvalue weighted by atomic mass is 9.94. The summed E-state index contributed by atoms with van der Waals surface area (Å²) in [6, 6.07) is 11.7. The van der Waals surface area contributed by atoms with E-state index in [1.54, 1.807) is 36.4 Å². The number of ether oxygens (including phenoxy) is 2. The summed E-state index contributed by atoms with van der Waals surface area (Å²) in [5, 5.41) is 22.6. The molecular weight excluding hydrogens is 817 g/mol. The summed E-state index contributed by atoms with van der Waals surface area (Å²) in [5.74, 6) is -2.61. The zero-order chi connectivity index (χ0) is 43.2. The number of carbonyl (C=O) groups excluding carboxylic acids is 7. The van der Waals surface area contributed by atoms with E-state index in [1.165, 1.54) is 39.8 Å². The molecule has 6 N–H and O–H groups in total. The molecule has 6 fully saturated rings. The van der Waals surface area contributed by atoms with Crippen LogP contribution >= 0.6 is 0 Å². The Kier molecular flexibility index (Phi) is 13.4. The van der Waals surface area contributed by atoms with Gasteiger partial charge in [0.2, 0.25) is 17.1 Å². The highest BCUT2D eigenvalue weighted by Gasteiger charge is 2.60. The molecule has 9 amide bonds. The molecule has 2 spiro atoms. The van der Waals surface area contributed by atoms with Crippen LogP contribution in [0.15, 0.2) is 36.4 Å². The number of anilines is 2. The van der Waals surface area contributed by atoms with Gasteiger partial charge in [-0.1, -0.05) is 27.0 Å². The highest BCUT2D eigenvalue weighted by Crippen LogP contribution is 2.47. The quantitative estimate of drug-likeness (QED) is 0.235. The first-order valence-electron chi connectivity index (χ1n) is 20.9. The minimum absolute atomic E-state index is 0. The molecule has 340 valence electrons. The van der Waals surface area contributed by atoms with Gasteiger partial charge in [0.25, 0.3) is 11.8 Å². The van der Waals surface area contributed by atoms with Crippen LogP contribution in [0, 0.1) is 0 Å². The summed E-state index contributed by atoms with van der Waals surface area (Å²) in [6.07, 6.45) is 9.65. The van der Waals surface area contributed by atoms with Gasteiger partial charge in [0.05, 0.1) is 0 Å². The van der Waals surface area contributed by atoms with Gasteiger partial charge < -0.3 is 46.1 Å². The van der Waals surface area contributed by atoms with Gasteiger partial charge in [-0.25, -0.2) is 29.0 Å². The number of hydrogen-bond acceptors (Lipinski definition) is 11. The van der Waals surface area contributed by atoms with E-state index in [0.29, 0.717) is 46.7 Å². The van der Waals surface area contributed by atoms with Crippen LogP contribution in [0.3, 0.4) is 0 Å². The minimum atomic E-state index is -1.46. The number of benzene rings is 2. The molecule has 4 bridgehead atoms. The van der Waals surface area contributed by atoms with Crippen molar-refractivity contribution in [3.8, 4) is 0 Å². The molecule has 6 aliphatic heterocycles. The van der Waals surface area contributed by atoms with E-state index in [1.807, 2.05) is 4.90 Å². The zero-order valence-corrected chi connectivity index (χ0v) is 34.0. The fraction of sp³-hybridized carbons (Fsp3) is 0.545. The number of carboxylic acid groups (broad SMARTS) is 1. The molecule has 2 atom stereocenters. The number of carbonyl (C=O) groups is 8. The molecule has 19 heteroatoms. The topological polar surface area (TPSA) is 245 Å². The molecule has 2 aromatic carbocycles. The van der Waals surface area contributed by atoms with E-state index in [4.69, 9.17) is 14.6 Å². The third-order valence-electron chi connectivity index (χ3n) is 13.2. The summed E-state index contributed by atoms with van der Waals surface area (Å²) < 4.78 is 10.9. The first-order chi connectivity index (χ1) is 29.2. The number of aryl methyl sites for hydroxylation is 2. The molecule has 0 aromatic heterocycles. The van der Waals surface area contributed by atoms with Crippen molar-refractivity contribution < 1.29 is 52.9 Å². The van der Waals surface area contributed by atoms with Gasteiger partial charge in [0.1, 0.15) is 13.1 Å². The van der Waals surface area contributed by atoms with Gasteiger partial charge in [-0.3, -0.25) is 19.2 Å². The maximum absolute atomic E-state index is 13.3. The van der Waals surface area contributed by atoms with E-state index < -0.39 is 47.7 Å². The Labute approximate surface area is 365 Å². The van der Waals surface area contributed by atoms with Crippen molar-refractivity contribution >= 4 is 59.3 Å². The lowest BCUT2D eigenvalue weighted by Crippen LogP contribution is -2.46. The van der Waals surface area contributed by atoms with Crippen molar-refractivity contribution in [2.45, 2.75) is 127 Å². The smallest absolute Gasteiger partial charge is 0.418 e. The van der Waals surface area contributed by atoms with Crippen molar-refractivity contribution in [2.75, 3.05) is 37.8 Å². The summed E-state index contributed by atoms with van der Waals surface area (Å²) in [5.41, 5.74) is 1.06. The van der Waals surface area contributed by atoms with Gasteiger partial charge in [0, 0.05) is 73.6 Å². The zero-order valence-electron chi connectivity index (χ0n) is 34.0. The van der Waals surface area contributed by atoms with Crippen molar-refractivity contribution in [2.24, 2.45) is 0 Å². The van der Waals surface area contributed by atoms with Gasteiger partial charge in [-0.05, 0) is 99.6 Å². The summed E-state index contributed by atoms with van der Waals surface area (Å²) in [7, 11) is 3.02. The summed E-state index contributed by atoms with van der Waals surface area (Å²) in [6.45, 7) is -0.997. The van der Waals surface area contributed by atoms with Gasteiger partial charge in [0.15, 0.2) is 0 Å². The number of nitrogens with one attached hydrogen (secondary N) is 5. The van der Waals surface area contributed by atoms with Crippen LogP contribution in [0.4, 0.5) is 30.6 Å². The third-order valence-corrected chi connectivity index (χ3v) is 13.2. The second kappa shape index (κ2) is 18.2. The average Bonchev–Trinajstić information content (AvgIpc) is 4.15. The molecule has 63 heavy (non-hydrogen) atoms. The Morgan fingerprint density at radius 1 is 0.667 bits per heavy atom. The monoisotopic (exact) mass is 874 g/mol. The first kappa shape index (κ1) is 46.3. The lowest BCUT2D eigenvalue weighted by Gasteiger charge is -2.24. The minimum Gasteiger partial charge on any atom is -0.480 e. The number of nitrogens with zero attached hydrogens (tertiary/aromatic N) is 3. The Morgan fingerprint density at radius 3 is 1.44 bits per heavy atom. The molecule has 2 aliphatic carbocycles. The van der Waals surface area contributed by atoms with E-state index in [9.17, 15) is 38.4 Å². The third kappa shape index (κ3) is 8.49. The first-order valence-corrected chi connectivity index (χ1v) is 20.9. The number of carboxylic acids is 1. The molecule has 0 radical (unpaired) electrons. The van der Waals surface area contributed by atoms with Crippen LogP contribution in [0.2, 0.25) is 0 Å². The molecular formula is C44H58N8O11. The van der Waals surface area contributed by atoms with Gasteiger partial charge >= 0.3 is 30.2 Å². The molecule has 19 nitrogen and oxygen atoms in total. The van der Waals surface area contributed by atoms with Crippen LogP contribution < -0.4 is 26.6 Å². The largest absolute Gasteiger partial charge is 0.480 e. The Morgan fingerprint density at radius 2 is 1.08 bits per heavy atom. The Balaban J connectivity index is 0.000000179. The number of rotatable bonds is 6. The molecule has 6 saturated heterocycles. The lowest BCUT2D eigenvalue weighted by molar-refractivity contribution is -0.144. The molecule has 0 unspecified atom stereocenters. The number of aliphatic carboxylic acids is 1. The van der Waals surface area contributed by atoms with E-state index in [-0.39, 0.29) is 57.9 Å². The highest BCUT2D eigenvalue weighted by molar-refractivity contribution is 6.07. The molecule has 10 rings (SSSR count). The van der Waals surface area contributed by atoms with Gasteiger partial charge in [-0.2, -0.15) is 0 Å². The molecule has 0 saturated carbocycles. The predicted molar refractivity (Wildman–Crippen MR) is 229 cm³/mol. The van der Waals surface area contributed by atoms with Crippen molar-refractivity contribution in [3.63, 3.8) is 0 Å². The maximum atomic E-state index is 13.3. The van der Waals surface area contributed by atoms with Crippen LogP contribution in [-0.4, -0.2) is 119 Å². The van der Waals surface area contributed by atoms with E-state index >= 15 is 0 Å². The van der Waals surface area contributed by atoms with Crippen LogP contribution in [0.1, 0.15) is 101 Å². The number of fused-ring (bicyclic) bond motifs is 8. The number of urea groups is 2. The number of amides is 9. The normalized spacial score (nSPS) is 27.3. The van der Waals surface area contributed by atoms with E-state index in [2.05, 4.69) is 26.6 Å². The van der Waals surface area contributed by atoms with Crippen molar-refractivity contribution in [3.05, 3.63) is 58.7 Å². The van der Waals surface area contributed by atoms with Gasteiger partial charge in [-0.15, -0.1) is 0 Å². The fourth-order valence-electron chi connectivity index (χ4n) is 10.3. The summed E-state index contributed by atoms with van der Waals surface area (Å²) in [4.78, 5) is 100. The predicted octanol–water partition coefficient (Wildman–Crippen LogP) is 4.53. The number of imide groups is 2. The van der Waals surface area contributed by atoms with Crippen molar-refractivity contribution in [1.82, 2.24) is 30.7 Å². The second-order valence-corrected chi connectivity index (χ2v) is 16.7. The van der Waals surface area contributed by atoms with Crippen LogP contribution in [0.5, 0.6) is 0 Å². The van der Waals surface area contributed by atoms with E-state index in [0.717, 1.165) is 53.8 Å². The second-order valence-electron chi connectivity index (χ2n) is 16.7. The van der Waals surface area contributed by atoms with Crippen molar-refractivity contribution in [1.29, 1.82) is 0 Å². The van der Waals surface area contributed by atoms with Crippen LogP contribution in [-0.2, 0) is 52.7 Å². The molecule has 6 heterocycles. The summed E-state index contributed by atoms with van der Waals surface area (Å²) >= 11 is 0. The highest BCUT2D eigenvalue weighted by atomic mass is 16.6. The average molecular weight is 875 g/mol. The molecule has 8 aliphatic rings. The maximum Gasteiger partial charge on any atom is 0.418 e.